The molecule has 0 aromatic heterocycles. The summed E-state index contributed by atoms with van der Waals surface area (Å²) in [5.74, 6) is -0.288. The van der Waals surface area contributed by atoms with Crippen molar-refractivity contribution in [2.24, 2.45) is 0 Å². The molecule has 0 aliphatic carbocycles. The van der Waals surface area contributed by atoms with Gasteiger partial charge in [0.25, 0.3) is 0 Å². The number of unbranched alkanes of at least 4 members (excludes halogenated alkanes) is 13. The van der Waals surface area contributed by atoms with E-state index in [9.17, 15) is 4.79 Å². The normalized spacial score (nSPS) is 10.6. The fourth-order valence-corrected chi connectivity index (χ4v) is 4.00. The van der Waals surface area contributed by atoms with Gasteiger partial charge in [0.1, 0.15) is 6.61 Å². The third-order valence-electron chi connectivity index (χ3n) is 6.18. The van der Waals surface area contributed by atoms with Crippen LogP contribution in [0.25, 0.3) is 0 Å². The van der Waals surface area contributed by atoms with Crippen molar-refractivity contribution in [1.29, 1.82) is 0 Å². The lowest BCUT2D eigenvalue weighted by atomic mass is 10.0. The molecule has 0 aliphatic heterocycles. The molecule has 0 unspecified atom stereocenters. The first-order valence-corrected chi connectivity index (χ1v) is 14.0. The van der Waals surface area contributed by atoms with E-state index in [0.29, 0.717) is 12.2 Å². The molecule has 3 nitrogen and oxygen atoms in total. The number of hydrogen-bond acceptors (Lipinski definition) is 3. The Labute approximate surface area is 216 Å². The number of hydrogen-bond donors (Lipinski definition) is 0. The van der Waals surface area contributed by atoms with Crippen molar-refractivity contribution in [3.63, 3.8) is 0 Å². The zero-order valence-electron chi connectivity index (χ0n) is 22.9. The van der Waals surface area contributed by atoms with Gasteiger partial charge in [0.05, 0.1) is 5.56 Å². The molecule has 0 saturated carbocycles. The van der Waals surface area contributed by atoms with Crippen LogP contribution in [0.1, 0.15) is 113 Å². The van der Waals surface area contributed by atoms with Gasteiger partial charge in [-0.05, 0) is 44.8 Å². The van der Waals surface area contributed by atoms with Crippen LogP contribution in [0.2, 0.25) is 0 Å². The summed E-state index contributed by atoms with van der Waals surface area (Å²) in [6.45, 7) is 3.87. The second-order valence-corrected chi connectivity index (χ2v) is 9.83. The standard InChI is InChI=1S/C18H39N.C14H12O2/c1-4-5-6-7-8-9-10-11-12-13-14-15-16-17-18-19(2)3;15-14(13-9-5-2-6-10-13)16-11-12-7-3-1-4-8-12/h4-18H2,1-3H3;1-10H,11H2. The number of nitrogens with zero attached hydrogens (tertiary/aromatic N) is 1. The van der Waals surface area contributed by atoms with E-state index in [2.05, 4.69) is 25.9 Å². The highest BCUT2D eigenvalue weighted by Crippen LogP contribution is 2.13. The molecule has 35 heavy (non-hydrogen) atoms. The van der Waals surface area contributed by atoms with Crippen LogP contribution >= 0.6 is 0 Å². The summed E-state index contributed by atoms with van der Waals surface area (Å²) in [6.07, 6.45) is 20.3. The molecule has 0 heterocycles. The molecule has 3 heteroatoms. The summed E-state index contributed by atoms with van der Waals surface area (Å²) in [6, 6.07) is 18.6. The Kier molecular flexibility index (Phi) is 19.7. The molecule has 2 rings (SSSR count). The summed E-state index contributed by atoms with van der Waals surface area (Å²) in [5, 5.41) is 0. The van der Waals surface area contributed by atoms with Crippen molar-refractivity contribution in [3.8, 4) is 0 Å². The lowest BCUT2D eigenvalue weighted by molar-refractivity contribution is 0.0472. The third-order valence-corrected chi connectivity index (χ3v) is 6.18. The van der Waals surface area contributed by atoms with Crippen LogP contribution in [-0.4, -0.2) is 31.5 Å². The number of esters is 1. The number of carbonyl (C=O) groups is 1. The molecule has 196 valence electrons. The molecule has 2 aromatic carbocycles. The Morgan fingerprint density at radius 3 is 1.51 bits per heavy atom. The van der Waals surface area contributed by atoms with E-state index >= 15 is 0 Å². The predicted molar refractivity (Wildman–Crippen MR) is 151 cm³/mol. The van der Waals surface area contributed by atoms with Gasteiger partial charge in [-0.3, -0.25) is 0 Å². The lowest BCUT2D eigenvalue weighted by Gasteiger charge is -2.08. The molecule has 0 saturated heterocycles. The van der Waals surface area contributed by atoms with Crippen LogP contribution in [0, 0.1) is 0 Å². The van der Waals surface area contributed by atoms with Crippen LogP contribution in [0.3, 0.4) is 0 Å². The average molecular weight is 482 g/mol. The third kappa shape index (κ3) is 18.8. The molecule has 0 bridgehead atoms. The smallest absolute Gasteiger partial charge is 0.338 e. The van der Waals surface area contributed by atoms with Crippen molar-refractivity contribution >= 4 is 5.97 Å². The average Bonchev–Trinajstić information content (AvgIpc) is 2.89. The van der Waals surface area contributed by atoms with E-state index in [-0.39, 0.29) is 5.97 Å². The molecule has 0 N–H and O–H groups in total. The molecule has 0 atom stereocenters. The van der Waals surface area contributed by atoms with Gasteiger partial charge in [0.15, 0.2) is 0 Å². The van der Waals surface area contributed by atoms with E-state index in [0.717, 1.165) is 5.56 Å². The Hall–Kier alpha value is -2.13. The second-order valence-electron chi connectivity index (χ2n) is 9.83. The van der Waals surface area contributed by atoms with Crippen molar-refractivity contribution in [2.45, 2.75) is 103 Å². The van der Waals surface area contributed by atoms with Crippen molar-refractivity contribution in [2.75, 3.05) is 20.6 Å². The van der Waals surface area contributed by atoms with E-state index in [1.54, 1.807) is 12.1 Å². The van der Waals surface area contributed by atoms with Crippen LogP contribution in [-0.2, 0) is 11.3 Å². The van der Waals surface area contributed by atoms with Gasteiger partial charge >= 0.3 is 5.97 Å². The number of benzene rings is 2. The summed E-state index contributed by atoms with van der Waals surface area (Å²) in [7, 11) is 4.34. The van der Waals surface area contributed by atoms with Crippen LogP contribution in [0.4, 0.5) is 0 Å². The SMILES string of the molecule is CCCCCCCCCCCCCCCCN(C)C.O=C(OCc1ccccc1)c1ccccc1. The first-order chi connectivity index (χ1) is 17.1. The highest BCUT2D eigenvalue weighted by molar-refractivity contribution is 5.89. The highest BCUT2D eigenvalue weighted by Gasteiger charge is 2.05. The molecule has 0 aliphatic rings. The number of carbonyl (C=O) groups excluding carboxylic acids is 1. The molecule has 0 fully saturated rings. The van der Waals surface area contributed by atoms with Gasteiger partial charge in [-0.1, -0.05) is 139 Å². The first-order valence-electron chi connectivity index (χ1n) is 14.0. The van der Waals surface area contributed by atoms with E-state index in [1.165, 1.54) is 96.4 Å². The summed E-state index contributed by atoms with van der Waals surface area (Å²) in [5.41, 5.74) is 1.57. The molecular weight excluding hydrogens is 430 g/mol. The van der Waals surface area contributed by atoms with Gasteiger partial charge in [0, 0.05) is 0 Å². The monoisotopic (exact) mass is 481 g/mol. The van der Waals surface area contributed by atoms with E-state index in [1.807, 2.05) is 48.5 Å². The quantitative estimate of drug-likeness (QED) is 0.157. The molecule has 0 amide bonds. The molecule has 0 radical (unpaired) electrons. The maximum Gasteiger partial charge on any atom is 0.338 e. The van der Waals surface area contributed by atoms with Gasteiger partial charge in [-0.2, -0.15) is 0 Å². The molecular formula is C32H51NO2. The van der Waals surface area contributed by atoms with Crippen molar-refractivity contribution < 1.29 is 9.53 Å². The van der Waals surface area contributed by atoms with Gasteiger partial charge < -0.3 is 9.64 Å². The fourth-order valence-electron chi connectivity index (χ4n) is 4.00. The summed E-state index contributed by atoms with van der Waals surface area (Å²) in [4.78, 5) is 13.9. The van der Waals surface area contributed by atoms with Crippen molar-refractivity contribution in [1.82, 2.24) is 4.90 Å². The lowest BCUT2D eigenvalue weighted by Crippen LogP contribution is -2.12. The van der Waals surface area contributed by atoms with Gasteiger partial charge in [-0.25, -0.2) is 4.79 Å². The van der Waals surface area contributed by atoms with Gasteiger partial charge in [-0.15, -0.1) is 0 Å². The number of rotatable bonds is 18. The fraction of sp³-hybridized carbons (Fsp3) is 0.594. The van der Waals surface area contributed by atoms with Gasteiger partial charge in [0.2, 0.25) is 0 Å². The van der Waals surface area contributed by atoms with E-state index < -0.39 is 0 Å². The highest BCUT2D eigenvalue weighted by atomic mass is 16.5. The van der Waals surface area contributed by atoms with Crippen LogP contribution < -0.4 is 0 Å². The molecule has 2 aromatic rings. The van der Waals surface area contributed by atoms with Crippen LogP contribution in [0.5, 0.6) is 0 Å². The number of ether oxygens (including phenoxy) is 1. The van der Waals surface area contributed by atoms with E-state index in [4.69, 9.17) is 4.74 Å². The maximum atomic E-state index is 11.6. The summed E-state index contributed by atoms with van der Waals surface area (Å²) >= 11 is 0. The Bertz CT molecular complexity index is 715. The van der Waals surface area contributed by atoms with Crippen molar-refractivity contribution in [3.05, 3.63) is 71.8 Å². The Balaban J connectivity index is 0.000000353. The minimum atomic E-state index is -0.288. The molecule has 0 spiro atoms. The van der Waals surface area contributed by atoms with Crippen LogP contribution in [0.15, 0.2) is 60.7 Å². The Morgan fingerprint density at radius 1 is 0.629 bits per heavy atom. The maximum absolute atomic E-state index is 11.6. The first kappa shape index (κ1) is 30.9. The minimum absolute atomic E-state index is 0.288. The Morgan fingerprint density at radius 2 is 1.06 bits per heavy atom. The topological polar surface area (TPSA) is 29.5 Å². The largest absolute Gasteiger partial charge is 0.457 e. The second kappa shape index (κ2) is 22.3. The zero-order chi connectivity index (χ0) is 25.4. The summed E-state index contributed by atoms with van der Waals surface area (Å²) < 4.78 is 5.18. The zero-order valence-corrected chi connectivity index (χ0v) is 22.9. The minimum Gasteiger partial charge on any atom is -0.457 e. The predicted octanol–water partition coefficient (Wildman–Crippen LogP) is 9.07.